The number of carbonyl (C=O) groups excluding carboxylic acids is 1. The van der Waals surface area contributed by atoms with Gasteiger partial charge in [-0.05, 0) is 24.3 Å². The first-order valence-corrected chi connectivity index (χ1v) is 7.59. The second kappa shape index (κ2) is 7.64. The number of carbonyl (C=O) groups is 1. The fourth-order valence-electron chi connectivity index (χ4n) is 2.25. The van der Waals surface area contributed by atoms with E-state index in [2.05, 4.69) is 10.1 Å². The lowest BCUT2D eigenvalue weighted by molar-refractivity contribution is 0.0424. The Bertz CT molecular complexity index is 925. The van der Waals surface area contributed by atoms with Crippen LogP contribution >= 0.6 is 0 Å². The normalized spacial score (nSPS) is 10.4. The second-order valence-electron chi connectivity index (χ2n) is 5.13. The molecule has 2 aromatic carbocycles. The maximum absolute atomic E-state index is 13.9. The molecule has 7 nitrogen and oxygen atoms in total. The SMILES string of the molecule is COc1ccc(C(=O)OCc2nc(-c3ccccc3OC)no2)c(F)c1. The van der Waals surface area contributed by atoms with Crippen LogP contribution in [0.15, 0.2) is 47.0 Å². The topological polar surface area (TPSA) is 83.7 Å². The predicted molar refractivity (Wildman–Crippen MR) is 88.4 cm³/mol. The number of hydrogen-bond donors (Lipinski definition) is 0. The summed E-state index contributed by atoms with van der Waals surface area (Å²) in [6.45, 7) is -0.285. The molecule has 1 heterocycles. The van der Waals surface area contributed by atoms with Gasteiger partial charge in [0.1, 0.15) is 17.3 Å². The van der Waals surface area contributed by atoms with E-state index < -0.39 is 11.8 Å². The van der Waals surface area contributed by atoms with Crippen molar-refractivity contribution < 1.29 is 27.9 Å². The molecule has 0 radical (unpaired) electrons. The molecule has 0 atom stereocenters. The molecular formula is C18H15FN2O5. The molecule has 0 fully saturated rings. The predicted octanol–water partition coefficient (Wildman–Crippen LogP) is 3.25. The van der Waals surface area contributed by atoms with Crippen molar-refractivity contribution in [1.29, 1.82) is 0 Å². The Morgan fingerprint density at radius 1 is 1.15 bits per heavy atom. The van der Waals surface area contributed by atoms with Crippen LogP contribution in [-0.4, -0.2) is 30.3 Å². The van der Waals surface area contributed by atoms with Crippen molar-refractivity contribution >= 4 is 5.97 Å². The first-order chi connectivity index (χ1) is 12.6. The van der Waals surface area contributed by atoms with E-state index in [-0.39, 0.29) is 18.1 Å². The highest BCUT2D eigenvalue weighted by molar-refractivity contribution is 5.89. The third-order valence-corrected chi connectivity index (χ3v) is 3.54. The van der Waals surface area contributed by atoms with Crippen LogP contribution in [0.3, 0.4) is 0 Å². The minimum absolute atomic E-state index is 0.0770. The van der Waals surface area contributed by atoms with Gasteiger partial charge in [0, 0.05) is 6.07 Å². The summed E-state index contributed by atoms with van der Waals surface area (Å²) in [5.74, 6) is -0.330. The summed E-state index contributed by atoms with van der Waals surface area (Å²) in [5, 5.41) is 3.84. The van der Waals surface area contributed by atoms with Crippen molar-refractivity contribution in [1.82, 2.24) is 10.1 Å². The van der Waals surface area contributed by atoms with Gasteiger partial charge < -0.3 is 18.7 Å². The van der Waals surface area contributed by atoms with Crippen molar-refractivity contribution in [3.05, 3.63) is 59.7 Å². The second-order valence-corrected chi connectivity index (χ2v) is 5.13. The third kappa shape index (κ3) is 3.64. The summed E-state index contributed by atoms with van der Waals surface area (Å²) in [4.78, 5) is 16.2. The highest BCUT2D eigenvalue weighted by Crippen LogP contribution is 2.27. The number of aromatic nitrogens is 2. The van der Waals surface area contributed by atoms with E-state index in [0.29, 0.717) is 22.9 Å². The number of ether oxygens (including phenoxy) is 3. The largest absolute Gasteiger partial charge is 0.497 e. The first kappa shape index (κ1) is 17.4. The van der Waals surface area contributed by atoms with E-state index in [4.69, 9.17) is 18.7 Å². The van der Waals surface area contributed by atoms with E-state index in [9.17, 15) is 9.18 Å². The van der Waals surface area contributed by atoms with Gasteiger partial charge in [0.05, 0.1) is 25.3 Å². The number of benzene rings is 2. The van der Waals surface area contributed by atoms with E-state index in [1.165, 1.54) is 26.4 Å². The van der Waals surface area contributed by atoms with Gasteiger partial charge in [-0.1, -0.05) is 17.3 Å². The molecule has 0 aliphatic carbocycles. The minimum atomic E-state index is -0.845. The summed E-state index contributed by atoms with van der Waals surface area (Å²) in [6.07, 6.45) is 0. The van der Waals surface area contributed by atoms with E-state index in [1.54, 1.807) is 18.2 Å². The lowest BCUT2D eigenvalue weighted by Crippen LogP contribution is -2.08. The van der Waals surface area contributed by atoms with Gasteiger partial charge >= 0.3 is 5.97 Å². The van der Waals surface area contributed by atoms with Gasteiger partial charge in [0.15, 0.2) is 6.61 Å². The van der Waals surface area contributed by atoms with E-state index in [1.807, 2.05) is 6.07 Å². The van der Waals surface area contributed by atoms with Crippen LogP contribution in [0.2, 0.25) is 0 Å². The van der Waals surface area contributed by atoms with Crippen LogP contribution < -0.4 is 9.47 Å². The molecule has 0 saturated heterocycles. The fourth-order valence-corrected chi connectivity index (χ4v) is 2.25. The maximum Gasteiger partial charge on any atom is 0.341 e. The number of esters is 1. The van der Waals surface area contributed by atoms with Crippen LogP contribution in [0.25, 0.3) is 11.4 Å². The molecule has 26 heavy (non-hydrogen) atoms. The Balaban J connectivity index is 1.69. The number of hydrogen-bond acceptors (Lipinski definition) is 7. The molecule has 134 valence electrons. The van der Waals surface area contributed by atoms with Gasteiger partial charge in [-0.15, -0.1) is 0 Å². The molecule has 0 bridgehead atoms. The van der Waals surface area contributed by atoms with Crippen molar-refractivity contribution in [3.8, 4) is 22.9 Å². The molecule has 8 heteroatoms. The van der Waals surface area contributed by atoms with E-state index >= 15 is 0 Å². The zero-order chi connectivity index (χ0) is 18.5. The minimum Gasteiger partial charge on any atom is -0.497 e. The molecule has 0 saturated carbocycles. The lowest BCUT2D eigenvalue weighted by atomic mass is 10.2. The Kier molecular flexibility index (Phi) is 5.12. The third-order valence-electron chi connectivity index (χ3n) is 3.54. The average molecular weight is 358 g/mol. The van der Waals surface area contributed by atoms with Gasteiger partial charge in [-0.25, -0.2) is 9.18 Å². The molecule has 0 aliphatic rings. The summed E-state index contributed by atoms with van der Waals surface area (Å²) >= 11 is 0. The summed E-state index contributed by atoms with van der Waals surface area (Å²) in [6, 6.07) is 11.0. The van der Waals surface area contributed by atoms with Gasteiger partial charge in [0.2, 0.25) is 5.82 Å². The molecule has 0 spiro atoms. The molecule has 0 amide bonds. The number of rotatable bonds is 6. The molecule has 3 aromatic rings. The summed E-state index contributed by atoms with van der Waals surface area (Å²) in [7, 11) is 2.94. The Hall–Kier alpha value is -3.42. The number of methoxy groups -OCH3 is 2. The quantitative estimate of drug-likeness (QED) is 0.625. The number of para-hydroxylation sites is 1. The Labute approximate surface area is 148 Å². The monoisotopic (exact) mass is 358 g/mol. The van der Waals surface area contributed by atoms with Crippen molar-refractivity contribution in [2.24, 2.45) is 0 Å². The molecular weight excluding hydrogens is 343 g/mol. The van der Waals surface area contributed by atoms with Crippen LogP contribution in [-0.2, 0) is 11.3 Å². The highest BCUT2D eigenvalue weighted by Gasteiger charge is 2.17. The van der Waals surface area contributed by atoms with Crippen molar-refractivity contribution in [3.63, 3.8) is 0 Å². The average Bonchev–Trinajstić information content (AvgIpc) is 3.14. The van der Waals surface area contributed by atoms with Crippen LogP contribution in [0.4, 0.5) is 4.39 Å². The van der Waals surface area contributed by atoms with Crippen LogP contribution in [0.5, 0.6) is 11.5 Å². The number of nitrogens with zero attached hydrogens (tertiary/aromatic N) is 2. The fraction of sp³-hybridized carbons (Fsp3) is 0.167. The van der Waals surface area contributed by atoms with Crippen molar-refractivity contribution in [2.75, 3.05) is 14.2 Å². The van der Waals surface area contributed by atoms with Crippen LogP contribution in [0.1, 0.15) is 16.2 Å². The molecule has 3 rings (SSSR count). The zero-order valence-electron chi connectivity index (χ0n) is 14.1. The lowest BCUT2D eigenvalue weighted by Gasteiger charge is -2.05. The van der Waals surface area contributed by atoms with Gasteiger partial charge in [0.25, 0.3) is 5.89 Å². The zero-order valence-corrected chi connectivity index (χ0v) is 14.1. The Morgan fingerprint density at radius 2 is 1.96 bits per heavy atom. The maximum atomic E-state index is 13.9. The smallest absolute Gasteiger partial charge is 0.341 e. The summed E-state index contributed by atoms with van der Waals surface area (Å²) < 4.78 is 34.1. The molecule has 0 N–H and O–H groups in total. The highest BCUT2D eigenvalue weighted by atomic mass is 19.1. The van der Waals surface area contributed by atoms with Gasteiger partial charge in [-0.3, -0.25) is 0 Å². The number of halogens is 1. The molecule has 0 aliphatic heterocycles. The molecule has 1 aromatic heterocycles. The summed E-state index contributed by atoms with van der Waals surface area (Å²) in [5.41, 5.74) is 0.424. The van der Waals surface area contributed by atoms with E-state index in [0.717, 1.165) is 6.07 Å². The molecule has 0 unspecified atom stereocenters. The van der Waals surface area contributed by atoms with Gasteiger partial charge in [-0.2, -0.15) is 4.98 Å². The Morgan fingerprint density at radius 3 is 2.69 bits per heavy atom. The van der Waals surface area contributed by atoms with Crippen LogP contribution in [0, 0.1) is 5.82 Å². The van der Waals surface area contributed by atoms with Crippen molar-refractivity contribution in [2.45, 2.75) is 6.61 Å². The standard InChI is InChI=1S/C18H15FN2O5/c1-23-11-7-8-12(14(19)9-11)18(22)25-10-16-20-17(21-26-16)13-5-3-4-6-15(13)24-2/h3-9H,10H2,1-2H3. The first-order valence-electron chi connectivity index (χ1n) is 7.59.